The van der Waals surface area contributed by atoms with Crippen molar-refractivity contribution in [3.05, 3.63) is 65.0 Å². The molecule has 2 N–H and O–H groups in total. The number of rotatable bonds is 6. The van der Waals surface area contributed by atoms with Crippen LogP contribution in [0.4, 0.5) is 9.18 Å². The smallest absolute Gasteiger partial charge is 0.315 e. The first kappa shape index (κ1) is 18.2. The third-order valence-electron chi connectivity index (χ3n) is 5.09. The summed E-state index contributed by atoms with van der Waals surface area (Å²) in [6, 6.07) is 12.2. The van der Waals surface area contributed by atoms with Gasteiger partial charge in [-0.3, -0.25) is 0 Å². The Labute approximate surface area is 153 Å². The summed E-state index contributed by atoms with van der Waals surface area (Å²) in [4.78, 5) is 12.3. The molecule has 2 amide bonds. The van der Waals surface area contributed by atoms with Crippen LogP contribution >= 0.6 is 0 Å². The molecule has 0 radical (unpaired) electrons. The second kappa shape index (κ2) is 7.36. The number of halogens is 1. The fourth-order valence-corrected chi connectivity index (χ4v) is 3.35. The summed E-state index contributed by atoms with van der Waals surface area (Å²) >= 11 is 0. The van der Waals surface area contributed by atoms with E-state index in [0.717, 1.165) is 29.7 Å². The predicted octanol–water partition coefficient (Wildman–Crippen LogP) is 4.23. The summed E-state index contributed by atoms with van der Waals surface area (Å²) in [5, 5.41) is 5.85. The van der Waals surface area contributed by atoms with E-state index in [0.29, 0.717) is 12.1 Å². The van der Waals surface area contributed by atoms with Crippen LogP contribution in [0.3, 0.4) is 0 Å². The lowest BCUT2D eigenvalue weighted by molar-refractivity contribution is 0.236. The molecule has 1 fully saturated rings. The fraction of sp³-hybridized carbons (Fsp3) is 0.381. The van der Waals surface area contributed by atoms with E-state index in [-0.39, 0.29) is 23.3 Å². The van der Waals surface area contributed by atoms with Crippen LogP contribution in [-0.4, -0.2) is 19.7 Å². The lowest BCUT2D eigenvalue weighted by atomic mass is 9.95. The van der Waals surface area contributed by atoms with Gasteiger partial charge in [0.2, 0.25) is 0 Å². The van der Waals surface area contributed by atoms with Crippen LogP contribution in [0.25, 0.3) is 0 Å². The van der Waals surface area contributed by atoms with Crippen LogP contribution in [0.1, 0.15) is 42.5 Å². The zero-order valence-electron chi connectivity index (χ0n) is 15.4. The largest absolute Gasteiger partial charge is 0.496 e. The van der Waals surface area contributed by atoms with Crippen LogP contribution in [0, 0.1) is 12.7 Å². The highest BCUT2D eigenvalue weighted by Gasteiger charge is 2.46. The van der Waals surface area contributed by atoms with Gasteiger partial charge in [-0.05, 0) is 44.4 Å². The van der Waals surface area contributed by atoms with Crippen LogP contribution in [0.5, 0.6) is 5.75 Å². The van der Waals surface area contributed by atoms with Crippen molar-refractivity contribution in [3.63, 3.8) is 0 Å². The maximum atomic E-state index is 14.1. The van der Waals surface area contributed by atoms with E-state index in [4.69, 9.17) is 4.74 Å². The van der Waals surface area contributed by atoms with Crippen LogP contribution in [0.15, 0.2) is 42.5 Å². The van der Waals surface area contributed by atoms with Crippen molar-refractivity contribution in [1.29, 1.82) is 0 Å². The summed E-state index contributed by atoms with van der Waals surface area (Å²) in [5.41, 5.74) is 2.45. The van der Waals surface area contributed by atoms with E-state index in [2.05, 4.69) is 10.6 Å². The van der Waals surface area contributed by atoms with Gasteiger partial charge in [-0.25, -0.2) is 9.18 Å². The molecule has 0 aliphatic heterocycles. The van der Waals surface area contributed by atoms with Crippen molar-refractivity contribution >= 4 is 6.03 Å². The van der Waals surface area contributed by atoms with Gasteiger partial charge in [0.25, 0.3) is 0 Å². The lowest BCUT2D eigenvalue weighted by Gasteiger charge is -2.21. The molecule has 1 aliphatic carbocycles. The van der Waals surface area contributed by atoms with Gasteiger partial charge in [0, 0.05) is 17.5 Å². The molecule has 138 valence electrons. The molecule has 0 heterocycles. The second-order valence-electron chi connectivity index (χ2n) is 7.05. The summed E-state index contributed by atoms with van der Waals surface area (Å²) < 4.78 is 19.4. The molecule has 1 aliphatic rings. The first-order chi connectivity index (χ1) is 12.4. The van der Waals surface area contributed by atoms with Crippen molar-refractivity contribution < 1.29 is 13.9 Å². The third-order valence-corrected chi connectivity index (χ3v) is 5.09. The van der Waals surface area contributed by atoms with Crippen molar-refractivity contribution in [2.75, 3.05) is 13.7 Å². The quantitative estimate of drug-likeness (QED) is 0.814. The van der Waals surface area contributed by atoms with E-state index >= 15 is 0 Å². The Hall–Kier alpha value is -2.56. The van der Waals surface area contributed by atoms with Crippen molar-refractivity contribution in [3.8, 4) is 5.75 Å². The Bertz CT molecular complexity index is 802. The number of benzene rings is 2. The molecule has 26 heavy (non-hydrogen) atoms. The summed E-state index contributed by atoms with van der Waals surface area (Å²) in [7, 11) is 1.62. The lowest BCUT2D eigenvalue weighted by Crippen LogP contribution is -2.41. The monoisotopic (exact) mass is 356 g/mol. The minimum atomic E-state index is -0.271. The van der Waals surface area contributed by atoms with Gasteiger partial charge in [0.05, 0.1) is 13.2 Å². The number of methoxy groups -OCH3 is 1. The number of carbonyl (C=O) groups excluding carboxylic acids is 1. The van der Waals surface area contributed by atoms with Gasteiger partial charge in [-0.2, -0.15) is 0 Å². The average Bonchev–Trinajstić information content (AvgIpc) is 3.41. The molecule has 4 nitrogen and oxygen atoms in total. The van der Waals surface area contributed by atoms with Crippen LogP contribution in [0.2, 0.25) is 0 Å². The minimum absolute atomic E-state index is 0.200. The highest BCUT2D eigenvalue weighted by Crippen LogP contribution is 2.48. The van der Waals surface area contributed by atoms with E-state index in [1.807, 2.05) is 44.2 Å². The van der Waals surface area contributed by atoms with Crippen molar-refractivity contribution in [2.45, 2.75) is 38.1 Å². The highest BCUT2D eigenvalue weighted by atomic mass is 19.1. The summed E-state index contributed by atoms with van der Waals surface area (Å²) in [6.07, 6.45) is 1.77. The third kappa shape index (κ3) is 3.82. The van der Waals surface area contributed by atoms with Gasteiger partial charge in [-0.15, -0.1) is 0 Å². The normalized spacial score (nSPS) is 15.8. The van der Waals surface area contributed by atoms with Crippen LogP contribution in [-0.2, 0) is 5.41 Å². The van der Waals surface area contributed by atoms with Gasteiger partial charge >= 0.3 is 6.03 Å². The molecule has 2 aromatic rings. The Morgan fingerprint density at radius 2 is 2.00 bits per heavy atom. The molecule has 0 bridgehead atoms. The molecular weight excluding hydrogens is 331 g/mol. The number of urea groups is 1. The molecule has 0 saturated heterocycles. The van der Waals surface area contributed by atoms with E-state index in [1.54, 1.807) is 13.2 Å². The summed E-state index contributed by atoms with van der Waals surface area (Å²) in [5.74, 6) is 0.540. The van der Waals surface area contributed by atoms with E-state index < -0.39 is 0 Å². The molecule has 1 saturated carbocycles. The highest BCUT2D eigenvalue weighted by molar-refractivity contribution is 5.74. The number of hydrogen-bond donors (Lipinski definition) is 2. The first-order valence-corrected chi connectivity index (χ1v) is 8.89. The number of amides is 2. The molecule has 1 atom stereocenters. The molecule has 2 aromatic carbocycles. The predicted molar refractivity (Wildman–Crippen MR) is 100.0 cm³/mol. The topological polar surface area (TPSA) is 50.4 Å². The molecule has 3 rings (SSSR count). The van der Waals surface area contributed by atoms with Gasteiger partial charge in [0.15, 0.2) is 0 Å². The maximum Gasteiger partial charge on any atom is 0.315 e. The second-order valence-corrected chi connectivity index (χ2v) is 7.05. The standard InChI is InChI=1S/C21H25FN2O2/c1-14-8-9-19(26-3)16(12-14)15(2)24-20(25)23-13-21(10-11-21)17-6-4-5-7-18(17)22/h4-9,12,15H,10-11,13H2,1-3H3,(H2,23,24,25). The number of hydrogen-bond acceptors (Lipinski definition) is 2. The zero-order valence-corrected chi connectivity index (χ0v) is 15.4. The van der Waals surface area contributed by atoms with Crippen LogP contribution < -0.4 is 15.4 Å². The van der Waals surface area contributed by atoms with Gasteiger partial charge in [0.1, 0.15) is 11.6 Å². The zero-order chi connectivity index (χ0) is 18.7. The molecular formula is C21H25FN2O2. The van der Waals surface area contributed by atoms with E-state index in [1.165, 1.54) is 6.07 Å². The number of carbonyl (C=O) groups is 1. The minimum Gasteiger partial charge on any atom is -0.496 e. The number of nitrogens with one attached hydrogen (secondary N) is 2. The fourth-order valence-electron chi connectivity index (χ4n) is 3.35. The first-order valence-electron chi connectivity index (χ1n) is 8.89. The number of aryl methyl sites for hydroxylation is 1. The van der Waals surface area contributed by atoms with Crippen molar-refractivity contribution in [1.82, 2.24) is 10.6 Å². The van der Waals surface area contributed by atoms with E-state index in [9.17, 15) is 9.18 Å². The molecule has 5 heteroatoms. The SMILES string of the molecule is COc1ccc(C)cc1C(C)NC(=O)NCC1(c2ccccc2F)CC1. The maximum absolute atomic E-state index is 14.1. The Balaban J connectivity index is 1.61. The molecule has 0 spiro atoms. The average molecular weight is 356 g/mol. The number of ether oxygens (including phenoxy) is 1. The molecule has 0 aromatic heterocycles. The Kier molecular flexibility index (Phi) is 5.16. The summed E-state index contributed by atoms with van der Waals surface area (Å²) in [6.45, 7) is 4.35. The van der Waals surface area contributed by atoms with Crippen molar-refractivity contribution in [2.24, 2.45) is 0 Å². The van der Waals surface area contributed by atoms with Gasteiger partial charge in [-0.1, -0.05) is 35.9 Å². The molecule has 1 unspecified atom stereocenters. The Morgan fingerprint density at radius 3 is 2.65 bits per heavy atom. The van der Waals surface area contributed by atoms with Gasteiger partial charge < -0.3 is 15.4 Å². The Morgan fingerprint density at radius 1 is 1.27 bits per heavy atom.